The fraction of sp³-hybridized carbons (Fsp3) is 0.438. The molecule has 1 aliphatic carbocycles. The van der Waals surface area contributed by atoms with Gasteiger partial charge in [0.05, 0.1) is 0 Å². The fourth-order valence-corrected chi connectivity index (χ4v) is 3.07. The minimum Gasteiger partial charge on any atom is -0.454 e. The molecule has 0 N–H and O–H groups in total. The van der Waals surface area contributed by atoms with E-state index in [1.54, 1.807) is 6.08 Å². The molecule has 2 nitrogen and oxygen atoms in total. The van der Waals surface area contributed by atoms with Gasteiger partial charge >= 0.3 is 5.97 Å². The second-order valence-electron chi connectivity index (χ2n) is 5.39. The number of ether oxygens (including phenoxy) is 1. The fourth-order valence-electron chi connectivity index (χ4n) is 3.07. The Bertz CT molecular complexity index is 528. The number of fused-ring (bicyclic) bond motifs is 1. The standard InChI is InChI=1S/C16H18O2/c1-10-8-12-4-3-5-13(14(12)9-11(10)2)15-6-7-16(17)18-15/h6-9,13,15H,3-5H2,1-2H3/t13-,15?/m1/s1. The van der Waals surface area contributed by atoms with Gasteiger partial charge < -0.3 is 4.74 Å². The molecule has 2 aliphatic rings. The van der Waals surface area contributed by atoms with Crippen molar-refractivity contribution in [2.45, 2.75) is 45.1 Å². The molecule has 18 heavy (non-hydrogen) atoms. The first kappa shape index (κ1) is 11.5. The van der Waals surface area contributed by atoms with E-state index in [0.717, 1.165) is 12.8 Å². The number of aryl methyl sites for hydroxylation is 3. The molecule has 0 spiro atoms. The quantitative estimate of drug-likeness (QED) is 0.707. The molecule has 0 saturated heterocycles. The summed E-state index contributed by atoms with van der Waals surface area (Å²) in [6, 6.07) is 4.59. The van der Waals surface area contributed by atoms with Crippen LogP contribution in [0.15, 0.2) is 24.3 Å². The van der Waals surface area contributed by atoms with Crippen LogP contribution in [0.4, 0.5) is 0 Å². The van der Waals surface area contributed by atoms with E-state index < -0.39 is 0 Å². The van der Waals surface area contributed by atoms with Crippen molar-refractivity contribution in [1.82, 2.24) is 0 Å². The topological polar surface area (TPSA) is 26.3 Å². The number of benzene rings is 1. The SMILES string of the molecule is Cc1cc2c(cc1C)[C@H](C1C=CC(=O)O1)CCC2. The predicted molar refractivity (Wildman–Crippen MR) is 70.6 cm³/mol. The summed E-state index contributed by atoms with van der Waals surface area (Å²) >= 11 is 0. The van der Waals surface area contributed by atoms with Gasteiger partial charge in [-0.15, -0.1) is 0 Å². The van der Waals surface area contributed by atoms with Crippen LogP contribution in [0.1, 0.15) is 41.0 Å². The van der Waals surface area contributed by atoms with Crippen LogP contribution in [0.5, 0.6) is 0 Å². The number of hydrogen-bond acceptors (Lipinski definition) is 2. The van der Waals surface area contributed by atoms with Crippen molar-refractivity contribution in [3.63, 3.8) is 0 Å². The summed E-state index contributed by atoms with van der Waals surface area (Å²) in [5, 5.41) is 0. The first-order valence-corrected chi connectivity index (χ1v) is 6.64. The number of hydrogen-bond donors (Lipinski definition) is 0. The summed E-state index contributed by atoms with van der Waals surface area (Å²) in [5.41, 5.74) is 5.50. The molecule has 1 aromatic rings. The third kappa shape index (κ3) is 1.86. The Morgan fingerprint density at radius 3 is 2.72 bits per heavy atom. The van der Waals surface area contributed by atoms with E-state index in [4.69, 9.17) is 4.74 Å². The molecule has 1 aliphatic heterocycles. The highest BCUT2D eigenvalue weighted by Gasteiger charge is 2.31. The van der Waals surface area contributed by atoms with Gasteiger partial charge in [0.15, 0.2) is 0 Å². The summed E-state index contributed by atoms with van der Waals surface area (Å²) in [6.45, 7) is 4.31. The minimum absolute atomic E-state index is 0.0568. The van der Waals surface area contributed by atoms with E-state index in [1.165, 1.54) is 28.7 Å². The highest BCUT2D eigenvalue weighted by Crippen LogP contribution is 2.38. The van der Waals surface area contributed by atoms with Crippen LogP contribution >= 0.6 is 0 Å². The Labute approximate surface area is 108 Å². The van der Waals surface area contributed by atoms with Crippen molar-refractivity contribution in [3.8, 4) is 0 Å². The number of carbonyl (C=O) groups is 1. The van der Waals surface area contributed by atoms with Gasteiger partial charge in [0.1, 0.15) is 6.10 Å². The number of rotatable bonds is 1. The smallest absolute Gasteiger partial charge is 0.331 e. The van der Waals surface area contributed by atoms with Gasteiger partial charge in [0.25, 0.3) is 0 Å². The van der Waals surface area contributed by atoms with Crippen molar-refractivity contribution in [2.24, 2.45) is 0 Å². The summed E-state index contributed by atoms with van der Waals surface area (Å²) < 4.78 is 5.38. The molecule has 1 unspecified atom stereocenters. The Kier molecular flexibility index (Phi) is 2.73. The van der Waals surface area contributed by atoms with E-state index in [1.807, 2.05) is 6.08 Å². The van der Waals surface area contributed by atoms with Crippen molar-refractivity contribution >= 4 is 5.97 Å². The Hall–Kier alpha value is -1.57. The van der Waals surface area contributed by atoms with Crippen LogP contribution in [0, 0.1) is 13.8 Å². The molecule has 1 aromatic carbocycles. The second-order valence-corrected chi connectivity index (χ2v) is 5.39. The van der Waals surface area contributed by atoms with Gasteiger partial charge in [-0.3, -0.25) is 0 Å². The van der Waals surface area contributed by atoms with Crippen molar-refractivity contribution in [1.29, 1.82) is 0 Å². The lowest BCUT2D eigenvalue weighted by Crippen LogP contribution is -2.23. The maximum atomic E-state index is 11.2. The molecule has 2 atom stereocenters. The van der Waals surface area contributed by atoms with E-state index >= 15 is 0 Å². The molecule has 0 radical (unpaired) electrons. The minimum atomic E-state index is -0.198. The van der Waals surface area contributed by atoms with Gasteiger partial charge in [-0.2, -0.15) is 0 Å². The molecular weight excluding hydrogens is 224 g/mol. The molecule has 2 heteroatoms. The molecule has 0 saturated carbocycles. The normalized spacial score (nSPS) is 26.0. The monoisotopic (exact) mass is 242 g/mol. The first-order valence-electron chi connectivity index (χ1n) is 6.64. The third-order valence-electron chi connectivity index (χ3n) is 4.19. The van der Waals surface area contributed by atoms with Crippen LogP contribution in [0.2, 0.25) is 0 Å². The summed E-state index contributed by atoms with van der Waals surface area (Å²) in [4.78, 5) is 11.2. The third-order valence-corrected chi connectivity index (χ3v) is 4.19. The first-order chi connectivity index (χ1) is 8.65. The van der Waals surface area contributed by atoms with Gasteiger partial charge in [-0.25, -0.2) is 4.79 Å². The maximum absolute atomic E-state index is 11.2. The van der Waals surface area contributed by atoms with Crippen molar-refractivity contribution in [3.05, 3.63) is 46.5 Å². The van der Waals surface area contributed by atoms with Crippen LogP contribution < -0.4 is 0 Å². The molecule has 0 bridgehead atoms. The van der Waals surface area contributed by atoms with Crippen molar-refractivity contribution in [2.75, 3.05) is 0 Å². The van der Waals surface area contributed by atoms with Gasteiger partial charge in [0.2, 0.25) is 0 Å². The van der Waals surface area contributed by atoms with Crippen LogP contribution in [-0.2, 0) is 16.0 Å². The molecule has 0 amide bonds. The zero-order valence-corrected chi connectivity index (χ0v) is 10.9. The van der Waals surface area contributed by atoms with E-state index in [-0.39, 0.29) is 12.1 Å². The second kappa shape index (κ2) is 4.27. The molecule has 3 rings (SSSR count). The average Bonchev–Trinajstić information content (AvgIpc) is 2.77. The van der Waals surface area contributed by atoms with Gasteiger partial charge in [0, 0.05) is 12.0 Å². The highest BCUT2D eigenvalue weighted by atomic mass is 16.5. The number of cyclic esters (lactones) is 1. The number of carbonyl (C=O) groups excluding carboxylic acids is 1. The van der Waals surface area contributed by atoms with Gasteiger partial charge in [-0.1, -0.05) is 12.1 Å². The lowest BCUT2D eigenvalue weighted by atomic mass is 9.78. The molecule has 1 heterocycles. The van der Waals surface area contributed by atoms with Gasteiger partial charge in [-0.05, 0) is 61.4 Å². The van der Waals surface area contributed by atoms with E-state index in [0.29, 0.717) is 5.92 Å². The Morgan fingerprint density at radius 1 is 1.22 bits per heavy atom. The molecule has 0 fully saturated rings. The molecular formula is C16H18O2. The van der Waals surface area contributed by atoms with Crippen LogP contribution in [0.25, 0.3) is 0 Å². The molecule has 94 valence electrons. The lowest BCUT2D eigenvalue weighted by Gasteiger charge is -2.29. The lowest BCUT2D eigenvalue weighted by molar-refractivity contribution is -0.139. The van der Waals surface area contributed by atoms with Crippen LogP contribution in [-0.4, -0.2) is 12.1 Å². The van der Waals surface area contributed by atoms with E-state index in [2.05, 4.69) is 26.0 Å². The molecule has 0 aromatic heterocycles. The Balaban J connectivity index is 1.99. The van der Waals surface area contributed by atoms with Crippen molar-refractivity contribution < 1.29 is 9.53 Å². The zero-order valence-electron chi connectivity index (χ0n) is 10.9. The summed E-state index contributed by atoms with van der Waals surface area (Å²) in [6.07, 6.45) is 6.85. The number of esters is 1. The largest absolute Gasteiger partial charge is 0.454 e. The summed E-state index contributed by atoms with van der Waals surface area (Å²) in [7, 11) is 0. The predicted octanol–water partition coefficient (Wildman–Crippen LogP) is 3.20. The average molecular weight is 242 g/mol. The Morgan fingerprint density at radius 2 is 2.00 bits per heavy atom. The highest BCUT2D eigenvalue weighted by molar-refractivity contribution is 5.84. The zero-order chi connectivity index (χ0) is 12.7. The van der Waals surface area contributed by atoms with E-state index in [9.17, 15) is 4.79 Å². The summed E-state index contributed by atoms with van der Waals surface area (Å²) in [5.74, 6) is 0.145. The van der Waals surface area contributed by atoms with Crippen LogP contribution in [0.3, 0.4) is 0 Å². The maximum Gasteiger partial charge on any atom is 0.331 e.